The largest absolute Gasteiger partial charge is 0.481 e. The molecule has 7 nitrogen and oxygen atoms in total. The molecule has 1 atom stereocenters. The number of aliphatic carboxylic acids is 1. The van der Waals surface area contributed by atoms with E-state index in [-0.39, 0.29) is 24.9 Å². The van der Waals surface area contributed by atoms with Crippen LogP contribution in [0.5, 0.6) is 0 Å². The number of carbonyl (C=O) groups is 3. The molecule has 2 aromatic rings. The van der Waals surface area contributed by atoms with E-state index < -0.39 is 18.1 Å². The van der Waals surface area contributed by atoms with Crippen LogP contribution in [0.15, 0.2) is 48.5 Å². The Morgan fingerprint density at radius 3 is 2.20 bits per heavy atom. The number of alkyl carbamates (subject to hydrolysis) is 1. The number of benzene rings is 2. The molecule has 30 heavy (non-hydrogen) atoms. The van der Waals surface area contributed by atoms with E-state index in [1.54, 1.807) is 14.0 Å². The van der Waals surface area contributed by atoms with Crippen molar-refractivity contribution < 1.29 is 24.2 Å². The third-order valence-electron chi connectivity index (χ3n) is 5.31. The minimum Gasteiger partial charge on any atom is -0.481 e. The summed E-state index contributed by atoms with van der Waals surface area (Å²) in [5, 5.41) is 11.3. The molecule has 2 N–H and O–H groups in total. The summed E-state index contributed by atoms with van der Waals surface area (Å²) in [6.45, 7) is 2.06. The Morgan fingerprint density at radius 2 is 1.63 bits per heavy atom. The molecule has 0 fully saturated rings. The number of rotatable bonds is 8. The van der Waals surface area contributed by atoms with Gasteiger partial charge >= 0.3 is 12.1 Å². The SMILES string of the molecule is CC(NC(=O)OCC1c2ccccc2-c2ccccc21)C(=O)N(C)CCCC(=O)O. The maximum Gasteiger partial charge on any atom is 0.407 e. The average Bonchev–Trinajstić information content (AvgIpc) is 3.05. The van der Waals surface area contributed by atoms with Crippen LogP contribution < -0.4 is 5.32 Å². The van der Waals surface area contributed by atoms with Crippen molar-refractivity contribution in [3.05, 3.63) is 59.7 Å². The maximum absolute atomic E-state index is 12.4. The number of likely N-dealkylation sites (N-methyl/N-ethyl adjacent to an activating group) is 1. The van der Waals surface area contributed by atoms with Crippen LogP contribution in [0, 0.1) is 0 Å². The summed E-state index contributed by atoms with van der Waals surface area (Å²) in [4.78, 5) is 36.6. The number of hydrogen-bond donors (Lipinski definition) is 2. The highest BCUT2D eigenvalue weighted by Gasteiger charge is 2.29. The standard InChI is InChI=1S/C23H26N2O5/c1-15(22(28)25(2)13-7-12-21(26)27)24-23(29)30-14-20-18-10-5-3-8-16(18)17-9-4-6-11-19(17)20/h3-6,8-11,15,20H,7,12-14H2,1-2H3,(H,24,29)(H,26,27). The number of carboxylic acids is 1. The number of carboxylic acid groups (broad SMARTS) is 1. The highest BCUT2D eigenvalue weighted by molar-refractivity contribution is 5.85. The number of amides is 2. The molecule has 158 valence electrons. The lowest BCUT2D eigenvalue weighted by Crippen LogP contribution is -2.46. The molecule has 1 aliphatic rings. The normalized spacial score (nSPS) is 13.1. The number of nitrogens with one attached hydrogen (secondary N) is 1. The molecule has 1 aliphatic carbocycles. The monoisotopic (exact) mass is 410 g/mol. The number of ether oxygens (including phenoxy) is 1. The van der Waals surface area contributed by atoms with Gasteiger partial charge in [-0.25, -0.2) is 4.79 Å². The summed E-state index contributed by atoms with van der Waals surface area (Å²) >= 11 is 0. The van der Waals surface area contributed by atoms with Crippen molar-refractivity contribution in [1.82, 2.24) is 10.2 Å². The van der Waals surface area contributed by atoms with E-state index in [4.69, 9.17) is 9.84 Å². The van der Waals surface area contributed by atoms with Crippen molar-refractivity contribution in [2.24, 2.45) is 0 Å². The van der Waals surface area contributed by atoms with Crippen molar-refractivity contribution in [3.63, 3.8) is 0 Å². The van der Waals surface area contributed by atoms with Crippen LogP contribution >= 0.6 is 0 Å². The van der Waals surface area contributed by atoms with Gasteiger partial charge in [-0.2, -0.15) is 0 Å². The van der Waals surface area contributed by atoms with Crippen molar-refractivity contribution in [1.29, 1.82) is 0 Å². The Bertz CT molecular complexity index is 897. The van der Waals surface area contributed by atoms with Crippen LogP contribution in [0.2, 0.25) is 0 Å². The van der Waals surface area contributed by atoms with Gasteiger partial charge in [0.1, 0.15) is 12.6 Å². The first-order chi connectivity index (χ1) is 14.4. The van der Waals surface area contributed by atoms with Gasteiger partial charge in [-0.05, 0) is 35.6 Å². The molecule has 0 saturated carbocycles. The highest BCUT2D eigenvalue weighted by Crippen LogP contribution is 2.44. The third-order valence-corrected chi connectivity index (χ3v) is 5.31. The summed E-state index contributed by atoms with van der Waals surface area (Å²) in [5.41, 5.74) is 4.53. The van der Waals surface area contributed by atoms with Crippen molar-refractivity contribution in [3.8, 4) is 11.1 Å². The Balaban J connectivity index is 1.55. The van der Waals surface area contributed by atoms with E-state index >= 15 is 0 Å². The minimum atomic E-state index is -0.902. The molecule has 0 bridgehead atoms. The topological polar surface area (TPSA) is 95.9 Å². The zero-order valence-corrected chi connectivity index (χ0v) is 17.1. The molecule has 2 aromatic carbocycles. The van der Waals surface area contributed by atoms with Gasteiger partial charge in [0, 0.05) is 25.9 Å². The maximum atomic E-state index is 12.4. The number of fused-ring (bicyclic) bond motifs is 3. The van der Waals surface area contributed by atoms with Crippen molar-refractivity contribution in [2.45, 2.75) is 31.7 Å². The van der Waals surface area contributed by atoms with Crippen LogP contribution in [0.3, 0.4) is 0 Å². The Kier molecular flexibility index (Phi) is 6.72. The van der Waals surface area contributed by atoms with E-state index in [1.165, 1.54) is 4.90 Å². The molecule has 0 saturated heterocycles. The van der Waals surface area contributed by atoms with Gasteiger partial charge in [-0.1, -0.05) is 48.5 Å². The second-order valence-electron chi connectivity index (χ2n) is 7.45. The average molecular weight is 410 g/mol. The molecule has 2 amide bonds. The molecule has 0 heterocycles. The second kappa shape index (κ2) is 9.43. The summed E-state index contributed by atoms with van der Waals surface area (Å²) in [6, 6.07) is 15.4. The highest BCUT2D eigenvalue weighted by atomic mass is 16.5. The number of nitrogens with zero attached hydrogens (tertiary/aromatic N) is 1. The van der Waals surface area contributed by atoms with Crippen LogP contribution in [0.4, 0.5) is 4.79 Å². The summed E-state index contributed by atoms with van der Waals surface area (Å²) in [7, 11) is 1.58. The molecule has 0 aromatic heterocycles. The molecule has 0 aliphatic heterocycles. The van der Waals surface area contributed by atoms with Crippen LogP contribution in [-0.2, 0) is 14.3 Å². The zero-order chi connectivity index (χ0) is 21.7. The fourth-order valence-electron chi connectivity index (χ4n) is 3.79. The van der Waals surface area contributed by atoms with Gasteiger partial charge < -0.3 is 20.1 Å². The van der Waals surface area contributed by atoms with Gasteiger partial charge in [0.25, 0.3) is 0 Å². The lowest BCUT2D eigenvalue weighted by Gasteiger charge is -2.22. The fourth-order valence-corrected chi connectivity index (χ4v) is 3.79. The minimum absolute atomic E-state index is 0.00813. The predicted molar refractivity (Wildman–Crippen MR) is 112 cm³/mol. The number of hydrogen-bond acceptors (Lipinski definition) is 4. The van der Waals surface area contributed by atoms with Gasteiger partial charge in [-0.3, -0.25) is 9.59 Å². The lowest BCUT2D eigenvalue weighted by atomic mass is 9.98. The van der Waals surface area contributed by atoms with E-state index in [0.717, 1.165) is 22.3 Å². The fraction of sp³-hybridized carbons (Fsp3) is 0.348. The van der Waals surface area contributed by atoms with E-state index in [9.17, 15) is 14.4 Å². The predicted octanol–water partition coefficient (Wildman–Crippen LogP) is 3.24. The molecular weight excluding hydrogens is 384 g/mol. The van der Waals surface area contributed by atoms with Gasteiger partial charge in [0.2, 0.25) is 5.91 Å². The Hall–Kier alpha value is -3.35. The van der Waals surface area contributed by atoms with E-state index in [2.05, 4.69) is 17.4 Å². The first-order valence-corrected chi connectivity index (χ1v) is 9.96. The van der Waals surface area contributed by atoms with E-state index in [0.29, 0.717) is 13.0 Å². The van der Waals surface area contributed by atoms with Crippen LogP contribution in [-0.4, -0.2) is 54.2 Å². The summed E-state index contributed by atoms with van der Waals surface area (Å²) in [5.74, 6) is -1.25. The Morgan fingerprint density at radius 1 is 1.07 bits per heavy atom. The van der Waals surface area contributed by atoms with Crippen LogP contribution in [0.25, 0.3) is 11.1 Å². The molecule has 0 spiro atoms. The van der Waals surface area contributed by atoms with Crippen molar-refractivity contribution >= 4 is 18.0 Å². The number of carbonyl (C=O) groups excluding carboxylic acids is 2. The van der Waals surface area contributed by atoms with Crippen molar-refractivity contribution in [2.75, 3.05) is 20.2 Å². The quantitative estimate of drug-likeness (QED) is 0.697. The lowest BCUT2D eigenvalue weighted by molar-refractivity contribution is -0.138. The Labute approximate surface area is 175 Å². The zero-order valence-electron chi connectivity index (χ0n) is 17.1. The van der Waals surface area contributed by atoms with Crippen LogP contribution in [0.1, 0.15) is 36.8 Å². The molecule has 3 rings (SSSR count). The molecule has 1 unspecified atom stereocenters. The molecule has 0 radical (unpaired) electrons. The smallest absolute Gasteiger partial charge is 0.407 e. The van der Waals surface area contributed by atoms with E-state index in [1.807, 2.05) is 36.4 Å². The third kappa shape index (κ3) is 4.79. The molecular formula is C23H26N2O5. The summed E-state index contributed by atoms with van der Waals surface area (Å²) in [6.07, 6.45) is -0.308. The second-order valence-corrected chi connectivity index (χ2v) is 7.45. The summed E-state index contributed by atoms with van der Waals surface area (Å²) < 4.78 is 5.45. The van der Waals surface area contributed by atoms with Gasteiger partial charge in [-0.15, -0.1) is 0 Å². The first-order valence-electron chi connectivity index (χ1n) is 9.96. The first kappa shape index (κ1) is 21.4. The molecule has 7 heteroatoms. The van der Waals surface area contributed by atoms with Gasteiger partial charge in [0.05, 0.1) is 0 Å². The van der Waals surface area contributed by atoms with Gasteiger partial charge in [0.15, 0.2) is 0 Å².